The average molecular weight is 490 g/mol. The lowest BCUT2D eigenvalue weighted by molar-refractivity contribution is -0.138. The van der Waals surface area contributed by atoms with Crippen molar-refractivity contribution in [1.82, 2.24) is 10.2 Å². The van der Waals surface area contributed by atoms with Crippen molar-refractivity contribution < 1.29 is 28.3 Å². The zero-order chi connectivity index (χ0) is 23.8. The molecule has 0 fully saturated rings. The van der Waals surface area contributed by atoms with Crippen molar-refractivity contribution in [3.05, 3.63) is 63.1 Å². The molecule has 0 aliphatic rings. The molecule has 0 saturated carbocycles. The zero-order valence-corrected chi connectivity index (χ0v) is 19.7. The number of thiophene rings is 2. The van der Waals surface area contributed by atoms with Crippen molar-refractivity contribution in [3.63, 3.8) is 0 Å². The molecule has 3 aromatic heterocycles. The molecule has 3 aromatic rings. The third-order valence-corrected chi connectivity index (χ3v) is 6.53. The second-order valence-corrected chi connectivity index (χ2v) is 8.98. The van der Waals surface area contributed by atoms with Crippen LogP contribution in [0.3, 0.4) is 0 Å². The Labute approximate surface area is 198 Å². The summed E-state index contributed by atoms with van der Waals surface area (Å²) in [6.45, 7) is 3.52. The second-order valence-electron chi connectivity index (χ2n) is 6.89. The number of likely N-dealkylation sites (N-methyl/N-ethyl adjacent to an activating group) is 1. The van der Waals surface area contributed by atoms with Gasteiger partial charge >= 0.3 is 5.97 Å². The summed E-state index contributed by atoms with van der Waals surface area (Å²) in [7, 11) is 0. The Morgan fingerprint density at radius 2 is 2.00 bits per heavy atom. The Morgan fingerprint density at radius 3 is 2.67 bits per heavy atom. The van der Waals surface area contributed by atoms with E-state index in [1.807, 2.05) is 17.5 Å². The molecule has 3 amide bonds. The summed E-state index contributed by atoms with van der Waals surface area (Å²) < 4.78 is 10.2. The van der Waals surface area contributed by atoms with Crippen molar-refractivity contribution in [2.24, 2.45) is 0 Å². The molecule has 0 aromatic carbocycles. The number of hydrogen-bond donors (Lipinski definition) is 2. The number of rotatable bonds is 10. The molecule has 0 atom stereocenters. The van der Waals surface area contributed by atoms with Crippen LogP contribution in [0.2, 0.25) is 0 Å². The lowest BCUT2D eigenvalue weighted by Crippen LogP contribution is -2.42. The lowest BCUT2D eigenvalue weighted by Gasteiger charge is -2.20. The first-order valence-corrected chi connectivity index (χ1v) is 11.8. The molecule has 11 heteroatoms. The van der Waals surface area contributed by atoms with Crippen LogP contribution < -0.4 is 10.6 Å². The fraction of sp³-hybridized carbons (Fsp3) is 0.273. The molecule has 0 saturated heterocycles. The van der Waals surface area contributed by atoms with Crippen LogP contribution in [0.4, 0.5) is 5.00 Å². The quantitative estimate of drug-likeness (QED) is 0.422. The third-order valence-electron chi connectivity index (χ3n) is 4.52. The molecular formula is C22H23N3O6S2. The number of carbonyl (C=O) groups is 4. The number of aryl methyl sites for hydroxylation is 1. The predicted octanol–water partition coefficient (Wildman–Crippen LogP) is 3.29. The number of amides is 3. The molecule has 33 heavy (non-hydrogen) atoms. The van der Waals surface area contributed by atoms with E-state index in [1.54, 1.807) is 26.0 Å². The molecule has 0 aliphatic heterocycles. The Balaban J connectivity index is 1.49. The minimum atomic E-state index is -0.678. The average Bonchev–Trinajstić information content (AvgIpc) is 3.56. The van der Waals surface area contributed by atoms with Gasteiger partial charge in [-0.2, -0.15) is 0 Å². The number of nitrogens with zero attached hydrogens (tertiary/aromatic N) is 1. The van der Waals surface area contributed by atoms with Gasteiger partial charge in [-0.1, -0.05) is 6.07 Å². The van der Waals surface area contributed by atoms with Crippen LogP contribution in [0, 0.1) is 6.92 Å². The normalized spacial score (nSPS) is 10.5. The zero-order valence-electron chi connectivity index (χ0n) is 18.1. The van der Waals surface area contributed by atoms with Gasteiger partial charge in [0, 0.05) is 11.4 Å². The summed E-state index contributed by atoms with van der Waals surface area (Å²) in [5.41, 5.74) is 0.604. The second kappa shape index (κ2) is 11.4. The SMILES string of the molecule is CCN(CC(=O)NCc1cccs1)C(=O)COC(=O)c1sc(NC(=O)c2ccco2)cc1C. The van der Waals surface area contributed by atoms with E-state index in [0.29, 0.717) is 23.7 Å². The topological polar surface area (TPSA) is 118 Å². The first-order chi connectivity index (χ1) is 15.9. The number of furan rings is 1. The van der Waals surface area contributed by atoms with Crippen molar-refractivity contribution in [3.8, 4) is 0 Å². The highest BCUT2D eigenvalue weighted by molar-refractivity contribution is 7.18. The van der Waals surface area contributed by atoms with Crippen LogP contribution in [-0.2, 0) is 20.9 Å². The van der Waals surface area contributed by atoms with E-state index in [1.165, 1.54) is 28.6 Å². The maximum atomic E-state index is 12.5. The van der Waals surface area contributed by atoms with Gasteiger partial charge in [-0.3, -0.25) is 14.4 Å². The summed E-state index contributed by atoms with van der Waals surface area (Å²) in [5.74, 6) is -1.74. The highest BCUT2D eigenvalue weighted by Crippen LogP contribution is 2.27. The Hall–Kier alpha value is -3.44. The fourth-order valence-electron chi connectivity index (χ4n) is 2.82. The summed E-state index contributed by atoms with van der Waals surface area (Å²) in [5, 5.41) is 7.79. The fourth-order valence-corrected chi connectivity index (χ4v) is 4.42. The van der Waals surface area contributed by atoms with Crippen LogP contribution in [0.5, 0.6) is 0 Å². The number of ether oxygens (including phenoxy) is 1. The first-order valence-electron chi connectivity index (χ1n) is 10.1. The first kappa shape index (κ1) is 24.2. The van der Waals surface area contributed by atoms with E-state index in [0.717, 1.165) is 16.2 Å². The maximum absolute atomic E-state index is 12.5. The van der Waals surface area contributed by atoms with Crippen molar-refractivity contribution >= 4 is 51.4 Å². The number of nitrogens with one attached hydrogen (secondary N) is 2. The maximum Gasteiger partial charge on any atom is 0.349 e. The summed E-state index contributed by atoms with van der Waals surface area (Å²) in [6.07, 6.45) is 1.39. The van der Waals surface area contributed by atoms with Crippen molar-refractivity contribution in [2.45, 2.75) is 20.4 Å². The van der Waals surface area contributed by atoms with Gasteiger partial charge in [-0.25, -0.2) is 4.79 Å². The molecule has 0 bridgehead atoms. The summed E-state index contributed by atoms with van der Waals surface area (Å²) in [6, 6.07) is 8.57. The third kappa shape index (κ3) is 6.77. The Morgan fingerprint density at radius 1 is 1.18 bits per heavy atom. The van der Waals surface area contributed by atoms with E-state index < -0.39 is 24.4 Å². The van der Waals surface area contributed by atoms with Gasteiger partial charge in [0.1, 0.15) is 4.88 Å². The van der Waals surface area contributed by atoms with E-state index in [4.69, 9.17) is 9.15 Å². The molecule has 3 heterocycles. The monoisotopic (exact) mass is 489 g/mol. The van der Waals surface area contributed by atoms with Crippen LogP contribution in [0.1, 0.15) is 37.6 Å². The number of anilines is 1. The molecule has 174 valence electrons. The smallest absolute Gasteiger partial charge is 0.349 e. The Bertz CT molecular complexity index is 1110. The predicted molar refractivity (Wildman–Crippen MR) is 124 cm³/mol. The van der Waals surface area contributed by atoms with Gasteiger partial charge in [0.2, 0.25) is 5.91 Å². The van der Waals surface area contributed by atoms with E-state index in [2.05, 4.69) is 10.6 Å². The van der Waals surface area contributed by atoms with Gasteiger partial charge in [0.05, 0.1) is 24.4 Å². The van der Waals surface area contributed by atoms with Gasteiger partial charge in [0.25, 0.3) is 11.8 Å². The molecule has 9 nitrogen and oxygen atoms in total. The number of esters is 1. The van der Waals surface area contributed by atoms with E-state index in [9.17, 15) is 19.2 Å². The molecule has 2 N–H and O–H groups in total. The number of carbonyl (C=O) groups excluding carboxylic acids is 4. The highest BCUT2D eigenvalue weighted by Gasteiger charge is 2.21. The summed E-state index contributed by atoms with van der Waals surface area (Å²) >= 11 is 2.57. The van der Waals surface area contributed by atoms with Gasteiger partial charge in [-0.15, -0.1) is 22.7 Å². The van der Waals surface area contributed by atoms with Crippen LogP contribution in [0.25, 0.3) is 0 Å². The van der Waals surface area contributed by atoms with Crippen molar-refractivity contribution in [1.29, 1.82) is 0 Å². The van der Waals surface area contributed by atoms with E-state index >= 15 is 0 Å². The molecule has 0 unspecified atom stereocenters. The minimum absolute atomic E-state index is 0.126. The molecule has 0 spiro atoms. The van der Waals surface area contributed by atoms with Gasteiger partial charge in [-0.05, 0) is 49.1 Å². The van der Waals surface area contributed by atoms with Crippen LogP contribution in [-0.4, -0.2) is 48.3 Å². The minimum Gasteiger partial charge on any atom is -0.459 e. The van der Waals surface area contributed by atoms with Gasteiger partial charge in [0.15, 0.2) is 12.4 Å². The highest BCUT2D eigenvalue weighted by atomic mass is 32.1. The standard InChI is InChI=1S/C22H23N3O6S2/c1-3-25(12-17(26)23-11-15-6-5-9-32-15)19(27)13-31-22(29)20-14(2)10-18(33-20)24-21(28)16-7-4-8-30-16/h4-10H,3,11-13H2,1-2H3,(H,23,26)(H,24,28). The lowest BCUT2D eigenvalue weighted by atomic mass is 10.3. The van der Waals surface area contributed by atoms with Crippen molar-refractivity contribution in [2.75, 3.05) is 25.0 Å². The van der Waals surface area contributed by atoms with Gasteiger partial charge < -0.3 is 24.7 Å². The number of hydrogen-bond acceptors (Lipinski definition) is 8. The molecule has 0 aliphatic carbocycles. The van der Waals surface area contributed by atoms with Crippen LogP contribution >= 0.6 is 22.7 Å². The largest absolute Gasteiger partial charge is 0.459 e. The van der Waals surface area contributed by atoms with E-state index in [-0.39, 0.29) is 23.1 Å². The molecule has 0 radical (unpaired) electrons. The van der Waals surface area contributed by atoms with Crippen LogP contribution in [0.15, 0.2) is 46.4 Å². The Kier molecular flexibility index (Phi) is 8.39. The molecule has 3 rings (SSSR count). The molecular weight excluding hydrogens is 466 g/mol. The summed E-state index contributed by atoms with van der Waals surface area (Å²) in [4.78, 5) is 51.8.